The quantitative estimate of drug-likeness (QED) is 0.824. The molecule has 0 heterocycles. The van der Waals surface area contributed by atoms with Crippen molar-refractivity contribution in [2.75, 3.05) is 0 Å². The molecule has 1 atom stereocenters. The van der Waals surface area contributed by atoms with Crippen molar-refractivity contribution < 1.29 is 9.90 Å². The van der Waals surface area contributed by atoms with Crippen molar-refractivity contribution in [3.63, 3.8) is 0 Å². The van der Waals surface area contributed by atoms with Gasteiger partial charge in [-0.25, -0.2) is 4.79 Å². The van der Waals surface area contributed by atoms with Gasteiger partial charge < -0.3 is 10.4 Å². The van der Waals surface area contributed by atoms with Crippen LogP contribution in [0.2, 0.25) is 10.0 Å². The van der Waals surface area contributed by atoms with E-state index in [1.54, 1.807) is 25.1 Å². The average molecular weight is 234 g/mol. The molecule has 1 aromatic rings. The molecule has 0 fully saturated rings. The number of amides is 1. The van der Waals surface area contributed by atoms with Crippen LogP contribution in [0.1, 0.15) is 18.5 Å². The van der Waals surface area contributed by atoms with Crippen LogP contribution in [0.25, 0.3) is 0 Å². The lowest BCUT2D eigenvalue weighted by molar-refractivity contribution is 0.191. The van der Waals surface area contributed by atoms with Crippen molar-refractivity contribution >= 4 is 29.3 Å². The van der Waals surface area contributed by atoms with E-state index in [-0.39, 0.29) is 6.04 Å². The van der Waals surface area contributed by atoms with Crippen molar-refractivity contribution in [2.24, 2.45) is 0 Å². The van der Waals surface area contributed by atoms with Gasteiger partial charge in [0, 0.05) is 10.0 Å². The van der Waals surface area contributed by atoms with E-state index in [2.05, 4.69) is 5.32 Å². The number of carbonyl (C=O) groups is 1. The molecule has 1 aromatic carbocycles. The minimum atomic E-state index is -1.08. The van der Waals surface area contributed by atoms with Crippen molar-refractivity contribution in [3.05, 3.63) is 33.8 Å². The Morgan fingerprint density at radius 3 is 2.29 bits per heavy atom. The van der Waals surface area contributed by atoms with Gasteiger partial charge in [0.15, 0.2) is 0 Å². The number of hydrogen-bond acceptors (Lipinski definition) is 1. The fourth-order valence-corrected chi connectivity index (χ4v) is 1.64. The lowest BCUT2D eigenvalue weighted by atomic mass is 10.1. The summed E-state index contributed by atoms with van der Waals surface area (Å²) < 4.78 is 0. The van der Waals surface area contributed by atoms with Gasteiger partial charge in [0.25, 0.3) is 0 Å². The Kier molecular flexibility index (Phi) is 3.61. The summed E-state index contributed by atoms with van der Waals surface area (Å²) in [6, 6.07) is 4.62. The molecule has 76 valence electrons. The fourth-order valence-electron chi connectivity index (χ4n) is 1.09. The summed E-state index contributed by atoms with van der Waals surface area (Å²) in [6.45, 7) is 1.72. The number of rotatable bonds is 2. The lowest BCUT2D eigenvalue weighted by Gasteiger charge is -2.12. The average Bonchev–Trinajstić information content (AvgIpc) is 2.00. The van der Waals surface area contributed by atoms with E-state index in [1.807, 2.05) is 0 Å². The van der Waals surface area contributed by atoms with Crippen molar-refractivity contribution in [1.82, 2.24) is 5.32 Å². The van der Waals surface area contributed by atoms with Crippen molar-refractivity contribution in [1.29, 1.82) is 0 Å². The van der Waals surface area contributed by atoms with Crippen LogP contribution in [0.4, 0.5) is 4.79 Å². The second-order valence-electron chi connectivity index (χ2n) is 2.87. The summed E-state index contributed by atoms with van der Waals surface area (Å²) in [4.78, 5) is 10.4. The van der Waals surface area contributed by atoms with Gasteiger partial charge in [0.2, 0.25) is 0 Å². The Morgan fingerprint density at radius 1 is 1.36 bits per heavy atom. The second-order valence-corrected chi connectivity index (χ2v) is 3.75. The predicted octanol–water partition coefficient (Wildman–Crippen LogP) is 3.32. The smallest absolute Gasteiger partial charge is 0.405 e. The van der Waals surface area contributed by atoms with Crippen LogP contribution in [-0.4, -0.2) is 11.2 Å². The number of benzene rings is 1. The predicted molar refractivity (Wildman–Crippen MR) is 56.0 cm³/mol. The molecule has 0 aromatic heterocycles. The summed E-state index contributed by atoms with van der Waals surface area (Å²) in [5, 5.41) is 11.8. The standard InChI is InChI=1S/C9H9Cl2NO2/c1-5(12-9(13)14)6-2-7(10)4-8(11)3-6/h2-5,12H,1H3,(H,13,14). The minimum absolute atomic E-state index is 0.330. The number of nitrogens with one attached hydrogen (secondary N) is 1. The van der Waals surface area contributed by atoms with Crippen LogP contribution in [0, 0.1) is 0 Å². The zero-order valence-corrected chi connectivity index (χ0v) is 8.93. The first-order valence-corrected chi connectivity index (χ1v) is 4.70. The van der Waals surface area contributed by atoms with Crippen LogP contribution < -0.4 is 5.32 Å². The molecular formula is C9H9Cl2NO2. The Hall–Kier alpha value is -0.930. The topological polar surface area (TPSA) is 49.3 Å². The summed E-state index contributed by atoms with van der Waals surface area (Å²) in [6.07, 6.45) is -1.08. The molecule has 5 heteroatoms. The zero-order chi connectivity index (χ0) is 10.7. The normalized spacial score (nSPS) is 12.2. The Labute approximate surface area is 91.6 Å². The van der Waals surface area contributed by atoms with E-state index in [1.165, 1.54) is 0 Å². The van der Waals surface area contributed by atoms with E-state index >= 15 is 0 Å². The monoisotopic (exact) mass is 233 g/mol. The molecule has 0 aliphatic rings. The molecule has 0 aliphatic heterocycles. The first kappa shape index (κ1) is 11.1. The van der Waals surface area contributed by atoms with E-state index in [0.717, 1.165) is 5.56 Å². The molecule has 0 radical (unpaired) electrons. The van der Waals surface area contributed by atoms with Crippen LogP contribution in [0.3, 0.4) is 0 Å². The molecule has 0 spiro atoms. The zero-order valence-electron chi connectivity index (χ0n) is 7.42. The van der Waals surface area contributed by atoms with E-state index in [4.69, 9.17) is 28.3 Å². The van der Waals surface area contributed by atoms with Gasteiger partial charge in [0.05, 0.1) is 6.04 Å². The molecule has 0 saturated heterocycles. The molecule has 1 unspecified atom stereocenters. The highest BCUT2D eigenvalue weighted by molar-refractivity contribution is 6.34. The van der Waals surface area contributed by atoms with Gasteiger partial charge in [-0.1, -0.05) is 23.2 Å². The van der Waals surface area contributed by atoms with Crippen molar-refractivity contribution in [3.8, 4) is 0 Å². The molecule has 2 N–H and O–H groups in total. The van der Waals surface area contributed by atoms with Crippen LogP contribution in [0.5, 0.6) is 0 Å². The summed E-state index contributed by atoms with van der Waals surface area (Å²) in [5.74, 6) is 0. The van der Waals surface area contributed by atoms with E-state index in [0.29, 0.717) is 10.0 Å². The summed E-state index contributed by atoms with van der Waals surface area (Å²) >= 11 is 11.5. The van der Waals surface area contributed by atoms with Gasteiger partial charge >= 0.3 is 6.09 Å². The number of carboxylic acid groups (broad SMARTS) is 1. The largest absolute Gasteiger partial charge is 0.465 e. The van der Waals surface area contributed by atoms with Gasteiger partial charge in [-0.3, -0.25) is 0 Å². The Bertz CT molecular complexity index is 334. The first-order chi connectivity index (χ1) is 6.49. The van der Waals surface area contributed by atoms with Gasteiger partial charge in [0.1, 0.15) is 0 Å². The second kappa shape index (κ2) is 4.53. The Balaban J connectivity index is 2.89. The van der Waals surface area contributed by atoms with Gasteiger partial charge in [-0.15, -0.1) is 0 Å². The maximum absolute atomic E-state index is 10.4. The lowest BCUT2D eigenvalue weighted by Crippen LogP contribution is -2.24. The van der Waals surface area contributed by atoms with Crippen LogP contribution in [0.15, 0.2) is 18.2 Å². The molecule has 3 nitrogen and oxygen atoms in total. The molecule has 0 bridgehead atoms. The van der Waals surface area contributed by atoms with E-state index in [9.17, 15) is 4.79 Å². The van der Waals surface area contributed by atoms with E-state index < -0.39 is 6.09 Å². The molecule has 1 rings (SSSR count). The maximum Gasteiger partial charge on any atom is 0.405 e. The molecule has 0 aliphatic carbocycles. The molecule has 14 heavy (non-hydrogen) atoms. The van der Waals surface area contributed by atoms with Gasteiger partial charge in [-0.05, 0) is 30.7 Å². The van der Waals surface area contributed by atoms with Crippen LogP contribution >= 0.6 is 23.2 Å². The minimum Gasteiger partial charge on any atom is -0.465 e. The third-order valence-electron chi connectivity index (χ3n) is 1.72. The highest BCUT2D eigenvalue weighted by Gasteiger charge is 2.09. The number of hydrogen-bond donors (Lipinski definition) is 2. The summed E-state index contributed by atoms with van der Waals surface area (Å²) in [5.41, 5.74) is 0.741. The van der Waals surface area contributed by atoms with Crippen molar-refractivity contribution in [2.45, 2.75) is 13.0 Å². The van der Waals surface area contributed by atoms with Crippen LogP contribution in [-0.2, 0) is 0 Å². The first-order valence-electron chi connectivity index (χ1n) is 3.94. The molecular weight excluding hydrogens is 225 g/mol. The summed E-state index contributed by atoms with van der Waals surface area (Å²) in [7, 11) is 0. The molecule has 1 amide bonds. The Morgan fingerprint density at radius 2 is 1.86 bits per heavy atom. The third kappa shape index (κ3) is 3.09. The maximum atomic E-state index is 10.4. The third-order valence-corrected chi connectivity index (χ3v) is 2.16. The SMILES string of the molecule is CC(NC(=O)O)c1cc(Cl)cc(Cl)c1. The number of halogens is 2. The molecule has 0 saturated carbocycles. The van der Waals surface area contributed by atoms with Gasteiger partial charge in [-0.2, -0.15) is 0 Å². The highest BCUT2D eigenvalue weighted by Crippen LogP contribution is 2.23. The fraction of sp³-hybridized carbons (Fsp3) is 0.222. The highest BCUT2D eigenvalue weighted by atomic mass is 35.5.